The maximum atomic E-state index is 12.0. The van der Waals surface area contributed by atoms with E-state index in [4.69, 9.17) is 21.5 Å². The predicted octanol–water partition coefficient (Wildman–Crippen LogP) is 0.811. The number of carbonyl (C=O) groups is 2. The molecule has 1 fully saturated rings. The van der Waals surface area contributed by atoms with E-state index >= 15 is 0 Å². The van der Waals surface area contributed by atoms with Crippen molar-refractivity contribution < 1.29 is 22.7 Å². The topological polar surface area (TPSA) is 116 Å². The normalized spacial score (nSPS) is 16.0. The molecular weight excluding hydrogens is 332 g/mol. The summed E-state index contributed by atoms with van der Waals surface area (Å²) in [6.45, 7) is 1.42. The molecule has 1 atom stereocenters. The minimum Gasteiger partial charge on any atom is -0.449 e. The highest BCUT2D eigenvalue weighted by molar-refractivity contribution is 7.89. The van der Waals surface area contributed by atoms with E-state index in [0.717, 1.165) is 18.9 Å². The van der Waals surface area contributed by atoms with Crippen molar-refractivity contribution in [3.63, 3.8) is 0 Å². The Morgan fingerprint density at radius 1 is 1.41 bits per heavy atom. The fourth-order valence-electron chi connectivity index (χ4n) is 1.66. The Bertz CT molecular complexity index is 715. The van der Waals surface area contributed by atoms with Crippen molar-refractivity contribution in [2.75, 3.05) is 0 Å². The van der Waals surface area contributed by atoms with Gasteiger partial charge in [-0.15, -0.1) is 0 Å². The zero-order chi connectivity index (χ0) is 16.5. The van der Waals surface area contributed by atoms with Gasteiger partial charge in [-0.1, -0.05) is 11.6 Å². The third-order valence-corrected chi connectivity index (χ3v) is 4.30. The molecule has 0 aromatic heterocycles. The zero-order valence-electron chi connectivity index (χ0n) is 11.7. The third-order valence-electron chi connectivity index (χ3n) is 3.06. The lowest BCUT2D eigenvalue weighted by Crippen LogP contribution is -2.37. The van der Waals surface area contributed by atoms with Crippen LogP contribution in [0.1, 0.15) is 30.1 Å². The molecule has 7 nitrogen and oxygen atoms in total. The second-order valence-electron chi connectivity index (χ2n) is 5.02. The lowest BCUT2D eigenvalue weighted by molar-refractivity contribution is -0.129. The average Bonchev–Trinajstić information content (AvgIpc) is 3.21. The summed E-state index contributed by atoms with van der Waals surface area (Å²) < 4.78 is 27.6. The number of sulfonamides is 1. The molecule has 1 amide bonds. The highest BCUT2D eigenvalue weighted by Crippen LogP contribution is 2.22. The molecule has 2 rings (SSSR count). The number of ether oxygens (including phenoxy) is 1. The van der Waals surface area contributed by atoms with Crippen LogP contribution >= 0.6 is 11.6 Å². The SMILES string of the molecule is C[C@H](OC(=O)c1cc(S(N)(=O)=O)ccc1Cl)C(=O)NC1CC1. The number of carbonyl (C=O) groups excluding carboxylic acids is 2. The van der Waals surface area contributed by atoms with E-state index < -0.39 is 28.0 Å². The van der Waals surface area contributed by atoms with Gasteiger partial charge in [-0.25, -0.2) is 18.4 Å². The molecule has 9 heteroatoms. The molecule has 0 radical (unpaired) electrons. The van der Waals surface area contributed by atoms with Crippen molar-refractivity contribution in [3.05, 3.63) is 28.8 Å². The number of halogens is 1. The van der Waals surface area contributed by atoms with E-state index in [2.05, 4.69) is 5.32 Å². The van der Waals surface area contributed by atoms with Gasteiger partial charge in [0.1, 0.15) is 0 Å². The van der Waals surface area contributed by atoms with Crippen LogP contribution in [0.15, 0.2) is 23.1 Å². The number of nitrogens with two attached hydrogens (primary N) is 1. The molecule has 1 aromatic rings. The maximum Gasteiger partial charge on any atom is 0.340 e. The summed E-state index contributed by atoms with van der Waals surface area (Å²) in [4.78, 5) is 23.5. The van der Waals surface area contributed by atoms with E-state index in [-0.39, 0.29) is 21.5 Å². The van der Waals surface area contributed by atoms with Gasteiger partial charge in [-0.3, -0.25) is 4.79 Å². The molecule has 0 saturated heterocycles. The van der Waals surface area contributed by atoms with Crippen LogP contribution < -0.4 is 10.5 Å². The number of benzene rings is 1. The molecule has 0 unspecified atom stereocenters. The van der Waals surface area contributed by atoms with Gasteiger partial charge < -0.3 is 10.1 Å². The Morgan fingerprint density at radius 2 is 2.05 bits per heavy atom. The second kappa shape index (κ2) is 6.23. The molecule has 3 N–H and O–H groups in total. The molecule has 0 aliphatic heterocycles. The number of primary sulfonamides is 1. The first-order valence-corrected chi connectivity index (χ1v) is 8.44. The van der Waals surface area contributed by atoms with Gasteiger partial charge in [0.05, 0.1) is 15.5 Å². The molecule has 0 heterocycles. The van der Waals surface area contributed by atoms with Gasteiger partial charge >= 0.3 is 5.97 Å². The highest BCUT2D eigenvalue weighted by Gasteiger charge is 2.28. The quantitative estimate of drug-likeness (QED) is 0.765. The first-order chi connectivity index (χ1) is 10.2. The molecule has 0 spiro atoms. The Hall–Kier alpha value is -1.64. The van der Waals surface area contributed by atoms with Gasteiger partial charge in [0, 0.05) is 6.04 Å². The van der Waals surface area contributed by atoms with E-state index in [1.807, 2.05) is 0 Å². The van der Waals surface area contributed by atoms with Crippen LogP contribution in [0.3, 0.4) is 0 Å². The van der Waals surface area contributed by atoms with Crippen molar-refractivity contribution >= 4 is 33.5 Å². The van der Waals surface area contributed by atoms with E-state index in [1.165, 1.54) is 19.1 Å². The van der Waals surface area contributed by atoms with E-state index in [0.29, 0.717) is 0 Å². The third kappa shape index (κ3) is 4.19. The molecule has 22 heavy (non-hydrogen) atoms. The van der Waals surface area contributed by atoms with Crippen molar-refractivity contribution in [2.45, 2.75) is 36.8 Å². The number of hydrogen-bond donors (Lipinski definition) is 2. The van der Waals surface area contributed by atoms with E-state index in [9.17, 15) is 18.0 Å². The monoisotopic (exact) mass is 346 g/mol. The largest absolute Gasteiger partial charge is 0.449 e. The molecule has 120 valence electrons. The van der Waals surface area contributed by atoms with Crippen LogP contribution in [0.5, 0.6) is 0 Å². The number of amides is 1. The van der Waals surface area contributed by atoms with Crippen molar-refractivity contribution in [1.29, 1.82) is 0 Å². The van der Waals surface area contributed by atoms with Crippen LogP contribution in [0.25, 0.3) is 0 Å². The fraction of sp³-hybridized carbons (Fsp3) is 0.385. The minimum absolute atomic E-state index is 0.00667. The molecule has 1 aliphatic carbocycles. The second-order valence-corrected chi connectivity index (χ2v) is 6.99. The predicted molar refractivity (Wildman–Crippen MR) is 78.9 cm³/mol. The molecule has 1 aromatic carbocycles. The minimum atomic E-state index is -3.97. The lowest BCUT2D eigenvalue weighted by atomic mass is 10.2. The van der Waals surface area contributed by atoms with Crippen LogP contribution in [0, 0.1) is 0 Å². The summed E-state index contributed by atoms with van der Waals surface area (Å²) in [6, 6.07) is 3.57. The van der Waals surface area contributed by atoms with Crippen molar-refractivity contribution in [3.8, 4) is 0 Å². The Kier molecular flexibility index (Phi) is 4.74. The lowest BCUT2D eigenvalue weighted by Gasteiger charge is -2.14. The van der Waals surface area contributed by atoms with Gasteiger partial charge in [-0.2, -0.15) is 0 Å². The Morgan fingerprint density at radius 3 is 2.59 bits per heavy atom. The molecule has 1 saturated carbocycles. The number of hydrogen-bond acceptors (Lipinski definition) is 5. The van der Waals surface area contributed by atoms with Gasteiger partial charge in [-0.05, 0) is 38.0 Å². The van der Waals surface area contributed by atoms with Gasteiger partial charge in [0.2, 0.25) is 10.0 Å². The van der Waals surface area contributed by atoms with Crippen molar-refractivity contribution in [2.24, 2.45) is 5.14 Å². The molecular formula is C13H15ClN2O5S. The van der Waals surface area contributed by atoms with E-state index in [1.54, 1.807) is 0 Å². The summed E-state index contributed by atoms with van der Waals surface area (Å²) in [5.41, 5.74) is -0.167. The summed E-state index contributed by atoms with van der Waals surface area (Å²) in [6.07, 6.45) is 0.811. The van der Waals surface area contributed by atoms with Crippen molar-refractivity contribution in [1.82, 2.24) is 5.32 Å². The smallest absolute Gasteiger partial charge is 0.340 e. The Labute approximate surface area is 132 Å². The first kappa shape index (κ1) is 16.7. The van der Waals surface area contributed by atoms with Crippen LogP contribution in [-0.4, -0.2) is 32.4 Å². The highest BCUT2D eigenvalue weighted by atomic mass is 35.5. The van der Waals surface area contributed by atoms with Gasteiger partial charge in [0.15, 0.2) is 6.10 Å². The average molecular weight is 347 g/mol. The molecule has 0 bridgehead atoms. The molecule has 1 aliphatic rings. The number of esters is 1. The van der Waals surface area contributed by atoms with Crippen LogP contribution in [-0.2, 0) is 19.6 Å². The summed E-state index contributed by atoms with van der Waals surface area (Å²) in [5.74, 6) is -1.30. The zero-order valence-corrected chi connectivity index (χ0v) is 13.3. The van der Waals surface area contributed by atoms with Gasteiger partial charge in [0.25, 0.3) is 5.91 Å². The number of rotatable bonds is 5. The first-order valence-electron chi connectivity index (χ1n) is 6.52. The number of nitrogens with one attached hydrogen (secondary N) is 1. The van der Waals surface area contributed by atoms with Crippen LogP contribution in [0.2, 0.25) is 5.02 Å². The fourth-order valence-corrected chi connectivity index (χ4v) is 2.40. The summed E-state index contributed by atoms with van der Waals surface area (Å²) in [7, 11) is -3.97. The maximum absolute atomic E-state index is 12.0. The van der Waals surface area contributed by atoms with Crippen LogP contribution in [0.4, 0.5) is 0 Å². The Balaban J connectivity index is 2.12. The summed E-state index contributed by atoms with van der Waals surface area (Å²) in [5, 5.41) is 7.70. The summed E-state index contributed by atoms with van der Waals surface area (Å²) >= 11 is 5.86. The standard InChI is InChI=1S/C13H15ClN2O5S/c1-7(12(17)16-8-2-3-8)21-13(18)10-6-9(22(15,19)20)4-5-11(10)14/h4-8H,2-3H2,1H3,(H,16,17)(H2,15,19,20)/t7-/m0/s1.